The van der Waals surface area contributed by atoms with Crippen molar-refractivity contribution in [3.05, 3.63) is 33.9 Å². The number of piperidine rings is 1. The van der Waals surface area contributed by atoms with Crippen LogP contribution in [0.1, 0.15) is 31.2 Å². The van der Waals surface area contributed by atoms with Crippen LogP contribution in [0.15, 0.2) is 18.2 Å². The van der Waals surface area contributed by atoms with Crippen molar-refractivity contribution in [1.82, 2.24) is 5.32 Å². The number of nitro groups is 1. The maximum atomic E-state index is 11.2. The van der Waals surface area contributed by atoms with Crippen molar-refractivity contribution in [2.45, 2.75) is 31.7 Å². The van der Waals surface area contributed by atoms with Crippen LogP contribution >= 0.6 is 0 Å². The lowest BCUT2D eigenvalue weighted by atomic mass is 10.0. The predicted molar refractivity (Wildman–Crippen MR) is 83.8 cm³/mol. The van der Waals surface area contributed by atoms with E-state index in [9.17, 15) is 10.1 Å². The summed E-state index contributed by atoms with van der Waals surface area (Å²) in [6.07, 6.45) is 4.67. The van der Waals surface area contributed by atoms with Crippen LogP contribution in [0.4, 0.5) is 11.4 Å². The normalized spacial score (nSPS) is 19.0. The molecule has 6 nitrogen and oxygen atoms in total. The molecule has 1 aromatic carbocycles. The molecule has 0 radical (unpaired) electrons. The number of anilines is 1. The number of nitro benzene ring substituents is 1. The van der Waals surface area contributed by atoms with Gasteiger partial charge in [0.2, 0.25) is 0 Å². The van der Waals surface area contributed by atoms with Crippen LogP contribution in [0.5, 0.6) is 0 Å². The molecule has 1 aliphatic carbocycles. The number of nitriles is 1. The molecule has 3 rings (SSSR count). The maximum absolute atomic E-state index is 11.2. The van der Waals surface area contributed by atoms with E-state index in [1.54, 1.807) is 6.07 Å². The Morgan fingerprint density at radius 3 is 2.64 bits per heavy atom. The monoisotopic (exact) mass is 300 g/mol. The fourth-order valence-corrected chi connectivity index (χ4v) is 2.98. The second-order valence-electron chi connectivity index (χ2n) is 6.19. The summed E-state index contributed by atoms with van der Waals surface area (Å²) in [7, 11) is 0. The van der Waals surface area contributed by atoms with Gasteiger partial charge in [0.1, 0.15) is 5.69 Å². The third-order valence-electron chi connectivity index (χ3n) is 4.53. The van der Waals surface area contributed by atoms with E-state index >= 15 is 0 Å². The van der Waals surface area contributed by atoms with Gasteiger partial charge >= 0.3 is 0 Å². The van der Waals surface area contributed by atoms with E-state index in [2.05, 4.69) is 11.4 Å². The summed E-state index contributed by atoms with van der Waals surface area (Å²) in [5.74, 6) is 0.867. The second-order valence-corrected chi connectivity index (χ2v) is 6.19. The zero-order valence-corrected chi connectivity index (χ0v) is 12.5. The van der Waals surface area contributed by atoms with Crippen molar-refractivity contribution >= 4 is 11.4 Å². The number of nitrogens with one attached hydrogen (secondary N) is 1. The molecule has 1 saturated carbocycles. The van der Waals surface area contributed by atoms with Gasteiger partial charge in [0, 0.05) is 25.2 Å². The summed E-state index contributed by atoms with van der Waals surface area (Å²) < 4.78 is 0. The SMILES string of the molecule is N#Cc1ccc([N+](=O)[O-])c(N2CCC(NCC3CC3)CC2)c1. The molecule has 0 bridgehead atoms. The van der Waals surface area contributed by atoms with E-state index in [0.717, 1.165) is 38.4 Å². The number of hydrogen-bond acceptors (Lipinski definition) is 5. The van der Waals surface area contributed by atoms with Crippen LogP contribution in [0.2, 0.25) is 0 Å². The van der Waals surface area contributed by atoms with E-state index in [-0.39, 0.29) is 10.6 Å². The quantitative estimate of drug-likeness (QED) is 0.667. The number of rotatable bonds is 5. The van der Waals surface area contributed by atoms with Gasteiger partial charge in [-0.2, -0.15) is 5.26 Å². The highest BCUT2D eigenvalue weighted by atomic mass is 16.6. The first-order valence-electron chi connectivity index (χ1n) is 7.84. The van der Waals surface area contributed by atoms with Gasteiger partial charge in [-0.1, -0.05) is 0 Å². The fourth-order valence-electron chi connectivity index (χ4n) is 2.98. The van der Waals surface area contributed by atoms with Gasteiger partial charge in [0.25, 0.3) is 5.69 Å². The van der Waals surface area contributed by atoms with Gasteiger partial charge in [-0.05, 0) is 50.3 Å². The van der Waals surface area contributed by atoms with Gasteiger partial charge < -0.3 is 10.2 Å². The van der Waals surface area contributed by atoms with Crippen molar-refractivity contribution in [1.29, 1.82) is 5.26 Å². The molecule has 22 heavy (non-hydrogen) atoms. The highest BCUT2D eigenvalue weighted by molar-refractivity contribution is 5.66. The number of nitrogens with zero attached hydrogens (tertiary/aromatic N) is 3. The second kappa shape index (κ2) is 6.32. The van der Waals surface area contributed by atoms with E-state index in [1.807, 2.05) is 4.90 Å². The van der Waals surface area contributed by atoms with Gasteiger partial charge in [0.15, 0.2) is 0 Å². The zero-order valence-electron chi connectivity index (χ0n) is 12.5. The molecule has 0 amide bonds. The molecule has 1 aliphatic heterocycles. The first kappa shape index (κ1) is 14.8. The summed E-state index contributed by atoms with van der Waals surface area (Å²) in [5.41, 5.74) is 1.13. The molecule has 2 aliphatic rings. The summed E-state index contributed by atoms with van der Waals surface area (Å²) >= 11 is 0. The van der Waals surface area contributed by atoms with Crippen LogP contribution < -0.4 is 10.2 Å². The molecular formula is C16H20N4O2. The minimum Gasteiger partial charge on any atom is -0.366 e. The zero-order chi connectivity index (χ0) is 15.5. The topological polar surface area (TPSA) is 82.2 Å². The minimum atomic E-state index is -0.367. The van der Waals surface area contributed by atoms with E-state index < -0.39 is 0 Å². The predicted octanol–water partition coefficient (Wildman–Crippen LogP) is 2.43. The lowest BCUT2D eigenvalue weighted by Gasteiger charge is -2.33. The lowest BCUT2D eigenvalue weighted by molar-refractivity contribution is -0.384. The van der Waals surface area contributed by atoms with Crippen LogP contribution in [-0.4, -0.2) is 30.6 Å². The Labute approximate surface area is 129 Å². The molecule has 1 N–H and O–H groups in total. The molecule has 1 saturated heterocycles. The first-order chi connectivity index (χ1) is 10.7. The standard InChI is InChI=1S/C16H20N4O2/c17-10-13-3-4-15(20(21)22)16(9-13)19-7-5-14(6-8-19)18-11-12-1-2-12/h3-4,9,12,14,18H,1-2,5-8,11H2. The molecule has 0 spiro atoms. The highest BCUT2D eigenvalue weighted by Crippen LogP contribution is 2.32. The van der Waals surface area contributed by atoms with E-state index in [0.29, 0.717) is 17.3 Å². The molecule has 1 heterocycles. The molecular weight excluding hydrogens is 280 g/mol. The molecule has 0 unspecified atom stereocenters. The molecule has 116 valence electrons. The van der Waals surface area contributed by atoms with E-state index in [1.165, 1.54) is 25.0 Å². The Bertz CT molecular complexity index is 599. The van der Waals surface area contributed by atoms with Gasteiger partial charge in [-0.15, -0.1) is 0 Å². The Balaban J connectivity index is 1.66. The van der Waals surface area contributed by atoms with Crippen molar-refractivity contribution in [3.63, 3.8) is 0 Å². The van der Waals surface area contributed by atoms with Crippen LogP contribution in [0.3, 0.4) is 0 Å². The van der Waals surface area contributed by atoms with Crippen LogP contribution in [-0.2, 0) is 0 Å². The Morgan fingerprint density at radius 2 is 2.05 bits per heavy atom. The Kier molecular flexibility index (Phi) is 4.25. The summed E-state index contributed by atoms with van der Waals surface area (Å²) in [4.78, 5) is 12.9. The van der Waals surface area contributed by atoms with Crippen LogP contribution in [0, 0.1) is 27.4 Å². The number of hydrogen-bond donors (Lipinski definition) is 1. The average Bonchev–Trinajstić information content (AvgIpc) is 3.37. The van der Waals surface area contributed by atoms with Crippen LogP contribution in [0.25, 0.3) is 0 Å². The van der Waals surface area contributed by atoms with Gasteiger partial charge in [-0.3, -0.25) is 10.1 Å². The maximum Gasteiger partial charge on any atom is 0.292 e. The Morgan fingerprint density at radius 1 is 1.32 bits per heavy atom. The van der Waals surface area contributed by atoms with Crippen molar-refractivity contribution in [3.8, 4) is 6.07 Å². The molecule has 2 fully saturated rings. The van der Waals surface area contributed by atoms with Gasteiger partial charge in [-0.25, -0.2) is 0 Å². The fraction of sp³-hybridized carbons (Fsp3) is 0.562. The smallest absolute Gasteiger partial charge is 0.292 e. The number of benzene rings is 1. The van der Waals surface area contributed by atoms with Gasteiger partial charge in [0.05, 0.1) is 16.6 Å². The average molecular weight is 300 g/mol. The van der Waals surface area contributed by atoms with Crippen molar-refractivity contribution < 1.29 is 4.92 Å². The highest BCUT2D eigenvalue weighted by Gasteiger charge is 2.27. The third-order valence-corrected chi connectivity index (χ3v) is 4.53. The van der Waals surface area contributed by atoms with Crippen molar-refractivity contribution in [2.24, 2.45) is 5.92 Å². The summed E-state index contributed by atoms with van der Waals surface area (Å²) in [5, 5.41) is 23.8. The summed E-state index contributed by atoms with van der Waals surface area (Å²) in [6, 6.07) is 7.15. The first-order valence-corrected chi connectivity index (χ1v) is 7.84. The third kappa shape index (κ3) is 3.37. The lowest BCUT2D eigenvalue weighted by Crippen LogP contribution is -2.43. The Hall–Kier alpha value is -2.13. The summed E-state index contributed by atoms with van der Waals surface area (Å²) in [6.45, 7) is 2.69. The molecule has 6 heteroatoms. The largest absolute Gasteiger partial charge is 0.366 e. The van der Waals surface area contributed by atoms with Crippen molar-refractivity contribution in [2.75, 3.05) is 24.5 Å². The molecule has 1 aromatic rings. The molecule has 0 aromatic heterocycles. The minimum absolute atomic E-state index is 0.0865. The van der Waals surface area contributed by atoms with E-state index in [4.69, 9.17) is 5.26 Å². The molecule has 0 atom stereocenters.